The highest BCUT2D eigenvalue weighted by molar-refractivity contribution is 6.07. The Bertz CT molecular complexity index is 639. The second-order valence-electron chi connectivity index (χ2n) is 4.82. The van der Waals surface area contributed by atoms with E-state index in [1.54, 1.807) is 6.08 Å². The number of rotatable bonds is 3. The van der Waals surface area contributed by atoms with E-state index in [0.717, 1.165) is 11.8 Å². The van der Waals surface area contributed by atoms with Gasteiger partial charge in [0.15, 0.2) is 0 Å². The second kappa shape index (κ2) is 5.63. The zero-order chi connectivity index (χ0) is 15.5. The number of terminal acetylenes is 1. The lowest BCUT2D eigenvalue weighted by molar-refractivity contribution is -0.402. The first-order valence-electron chi connectivity index (χ1n) is 6.27. The van der Waals surface area contributed by atoms with E-state index in [9.17, 15) is 19.7 Å². The van der Waals surface area contributed by atoms with Crippen molar-refractivity contribution in [1.29, 1.82) is 0 Å². The molecule has 1 aliphatic heterocycles. The molecule has 1 heterocycles. The molecule has 1 atom stereocenters. The number of urea groups is 1. The highest BCUT2D eigenvalue weighted by Gasteiger charge is 2.47. The van der Waals surface area contributed by atoms with Gasteiger partial charge in [-0.1, -0.05) is 12.0 Å². The molecule has 0 saturated carbocycles. The van der Waals surface area contributed by atoms with E-state index in [4.69, 9.17) is 6.42 Å². The van der Waals surface area contributed by atoms with Crippen LogP contribution in [0.3, 0.4) is 0 Å². The fourth-order valence-corrected chi connectivity index (χ4v) is 2.52. The zero-order valence-electron chi connectivity index (χ0n) is 11.1. The molecular weight excluding hydrogens is 274 g/mol. The predicted molar refractivity (Wildman–Crippen MR) is 74.4 cm³/mol. The molecule has 7 heteroatoms. The molecule has 0 aromatic heterocycles. The van der Waals surface area contributed by atoms with E-state index >= 15 is 0 Å². The lowest BCUT2D eigenvalue weighted by Gasteiger charge is -2.31. The molecular formula is C14H13N3O4. The average Bonchev–Trinajstić information content (AvgIpc) is 2.69. The van der Waals surface area contributed by atoms with Crippen molar-refractivity contribution in [2.75, 3.05) is 0 Å². The number of hydrogen-bond donors (Lipinski definition) is 2. The van der Waals surface area contributed by atoms with Crippen molar-refractivity contribution in [2.24, 2.45) is 0 Å². The van der Waals surface area contributed by atoms with Crippen molar-refractivity contribution in [3.05, 3.63) is 45.7 Å². The summed E-state index contributed by atoms with van der Waals surface area (Å²) < 4.78 is 0. The normalized spacial score (nSPS) is 25.5. The van der Waals surface area contributed by atoms with E-state index < -0.39 is 16.5 Å². The molecule has 1 unspecified atom stereocenters. The summed E-state index contributed by atoms with van der Waals surface area (Å²) in [5.74, 6) is 1.96. The lowest BCUT2D eigenvalue weighted by atomic mass is 9.77. The quantitative estimate of drug-likeness (QED) is 0.350. The van der Waals surface area contributed by atoms with Gasteiger partial charge in [-0.25, -0.2) is 4.79 Å². The standard InChI is InChI=1S/C14H13N3O4/c1-2-3-4-11-9-14(12(18)15-13(19)16-14)7-5-10(11)6-8-17(20)21/h1,3-4,6,8H,5,7,9H2,(H2,15,16,18,19)/b4-3-,8-6+. The summed E-state index contributed by atoms with van der Waals surface area (Å²) in [6.45, 7) is 0. The molecule has 0 radical (unpaired) electrons. The van der Waals surface area contributed by atoms with Crippen LogP contribution in [0.2, 0.25) is 0 Å². The van der Waals surface area contributed by atoms with Crippen molar-refractivity contribution >= 4 is 11.9 Å². The minimum absolute atomic E-state index is 0.250. The van der Waals surface area contributed by atoms with Crippen LogP contribution in [-0.4, -0.2) is 22.4 Å². The summed E-state index contributed by atoms with van der Waals surface area (Å²) in [7, 11) is 0. The zero-order valence-corrected chi connectivity index (χ0v) is 11.1. The van der Waals surface area contributed by atoms with Crippen LogP contribution in [-0.2, 0) is 4.79 Å². The number of hydrogen-bond acceptors (Lipinski definition) is 4. The highest BCUT2D eigenvalue weighted by Crippen LogP contribution is 2.35. The fourth-order valence-electron chi connectivity index (χ4n) is 2.52. The molecule has 1 aliphatic carbocycles. The number of imide groups is 1. The summed E-state index contributed by atoms with van der Waals surface area (Å²) in [5, 5.41) is 15.3. The largest absolute Gasteiger partial charge is 0.323 e. The van der Waals surface area contributed by atoms with Crippen molar-refractivity contribution in [1.82, 2.24) is 10.6 Å². The number of nitrogens with one attached hydrogen (secondary N) is 2. The fraction of sp³-hybridized carbons (Fsp3) is 0.286. The maximum atomic E-state index is 11.9. The molecule has 3 amide bonds. The van der Waals surface area contributed by atoms with Crippen molar-refractivity contribution in [3.8, 4) is 12.3 Å². The molecule has 1 saturated heterocycles. The Hall–Kier alpha value is -2.88. The average molecular weight is 287 g/mol. The Morgan fingerprint density at radius 1 is 1.33 bits per heavy atom. The Labute approximate surface area is 120 Å². The van der Waals surface area contributed by atoms with Gasteiger partial charge in [-0.2, -0.15) is 0 Å². The van der Waals surface area contributed by atoms with Crippen molar-refractivity contribution < 1.29 is 14.5 Å². The van der Waals surface area contributed by atoms with Gasteiger partial charge in [0.1, 0.15) is 5.54 Å². The minimum atomic E-state index is -0.989. The molecule has 0 bridgehead atoms. The van der Waals surface area contributed by atoms with Crippen LogP contribution in [0.1, 0.15) is 19.3 Å². The third kappa shape index (κ3) is 3.00. The number of allylic oxidation sites excluding steroid dienone is 4. The SMILES string of the molecule is C#C/C=C\C1=C(/C=C/[N+](=O)[O-])CCC2(C1)NC(=O)NC2=O. The Balaban J connectivity index is 2.34. The molecule has 0 aromatic carbocycles. The minimum Gasteiger partial charge on any atom is -0.323 e. The maximum Gasteiger partial charge on any atom is 0.322 e. The van der Waals surface area contributed by atoms with Crippen LogP contribution >= 0.6 is 0 Å². The van der Waals surface area contributed by atoms with E-state index in [2.05, 4.69) is 16.6 Å². The van der Waals surface area contributed by atoms with Crippen LogP contribution in [0.25, 0.3) is 0 Å². The van der Waals surface area contributed by atoms with Gasteiger partial charge in [0.2, 0.25) is 6.20 Å². The topological polar surface area (TPSA) is 101 Å². The molecule has 0 aromatic rings. The van der Waals surface area contributed by atoms with E-state index in [0.29, 0.717) is 18.4 Å². The highest BCUT2D eigenvalue weighted by atomic mass is 16.6. The van der Waals surface area contributed by atoms with Gasteiger partial charge in [-0.05, 0) is 30.1 Å². The van der Waals surface area contributed by atoms with Crippen molar-refractivity contribution in [2.45, 2.75) is 24.8 Å². The predicted octanol–water partition coefficient (Wildman–Crippen LogP) is 1.02. The number of carbonyl (C=O) groups excluding carboxylic acids is 2. The molecule has 1 fully saturated rings. The molecule has 2 aliphatic rings. The van der Waals surface area contributed by atoms with Gasteiger partial charge in [0, 0.05) is 12.5 Å². The first kappa shape index (κ1) is 14.5. The van der Waals surface area contributed by atoms with Crippen molar-refractivity contribution in [3.63, 3.8) is 0 Å². The lowest BCUT2D eigenvalue weighted by Crippen LogP contribution is -2.48. The summed E-state index contributed by atoms with van der Waals surface area (Å²) in [4.78, 5) is 33.2. The Morgan fingerprint density at radius 3 is 2.67 bits per heavy atom. The third-order valence-corrected chi connectivity index (χ3v) is 3.52. The summed E-state index contributed by atoms with van der Waals surface area (Å²) in [6, 6.07) is -0.524. The molecule has 2 N–H and O–H groups in total. The van der Waals surface area contributed by atoms with Crippen LogP contribution in [0.5, 0.6) is 0 Å². The Kier molecular flexibility index (Phi) is 3.89. The van der Waals surface area contributed by atoms with Gasteiger partial charge < -0.3 is 5.32 Å². The summed E-state index contributed by atoms with van der Waals surface area (Å²) in [5.41, 5.74) is 0.449. The second-order valence-corrected chi connectivity index (χ2v) is 4.82. The Morgan fingerprint density at radius 2 is 2.10 bits per heavy atom. The van der Waals surface area contributed by atoms with Gasteiger partial charge >= 0.3 is 6.03 Å². The van der Waals surface area contributed by atoms with Gasteiger partial charge in [-0.15, -0.1) is 6.42 Å². The molecule has 108 valence electrons. The molecule has 1 spiro atoms. The van der Waals surface area contributed by atoms with Crippen LogP contribution in [0.4, 0.5) is 4.79 Å². The number of nitro groups is 1. The van der Waals surface area contributed by atoms with Crippen LogP contribution in [0.15, 0.2) is 35.6 Å². The third-order valence-electron chi connectivity index (χ3n) is 3.52. The van der Waals surface area contributed by atoms with Gasteiger partial charge in [0.05, 0.1) is 4.92 Å². The van der Waals surface area contributed by atoms with E-state index in [-0.39, 0.29) is 12.3 Å². The number of nitrogens with zero attached hydrogens (tertiary/aromatic N) is 1. The maximum absolute atomic E-state index is 11.9. The first-order chi connectivity index (χ1) is 9.97. The van der Waals surface area contributed by atoms with E-state index in [1.807, 2.05) is 0 Å². The van der Waals surface area contributed by atoms with Crippen LogP contribution in [0, 0.1) is 22.5 Å². The molecule has 2 rings (SSSR count). The van der Waals surface area contributed by atoms with Gasteiger partial charge in [0.25, 0.3) is 5.91 Å². The number of carbonyl (C=O) groups is 2. The summed E-state index contributed by atoms with van der Waals surface area (Å²) >= 11 is 0. The molecule has 7 nitrogen and oxygen atoms in total. The van der Waals surface area contributed by atoms with Gasteiger partial charge in [-0.3, -0.25) is 20.2 Å². The first-order valence-corrected chi connectivity index (χ1v) is 6.27. The van der Waals surface area contributed by atoms with E-state index in [1.165, 1.54) is 12.2 Å². The summed E-state index contributed by atoms with van der Waals surface area (Å²) in [6.07, 6.45) is 11.6. The van der Waals surface area contributed by atoms with Crippen LogP contribution < -0.4 is 10.6 Å². The smallest absolute Gasteiger partial charge is 0.322 e. The monoisotopic (exact) mass is 287 g/mol. The number of amides is 3. The molecule has 21 heavy (non-hydrogen) atoms.